The minimum Gasteiger partial charge on any atom is -0.481 e. The molecular formula is C8H17NO3. The fourth-order valence-corrected chi connectivity index (χ4v) is 0.968. The van der Waals surface area contributed by atoms with Gasteiger partial charge in [-0.3, -0.25) is 4.79 Å². The lowest BCUT2D eigenvalue weighted by Crippen LogP contribution is -2.28. The standard InChI is InChI=1S/C8H17NO3/c1-7(6-10)5-9(2)4-3-8(11)12/h7,10H,3-6H2,1-2H3,(H,11,12). The van der Waals surface area contributed by atoms with Gasteiger partial charge in [0.05, 0.1) is 6.42 Å². The summed E-state index contributed by atoms with van der Waals surface area (Å²) < 4.78 is 0. The summed E-state index contributed by atoms with van der Waals surface area (Å²) in [7, 11) is 1.86. The Morgan fingerprint density at radius 2 is 2.17 bits per heavy atom. The van der Waals surface area contributed by atoms with E-state index in [-0.39, 0.29) is 18.9 Å². The molecule has 12 heavy (non-hydrogen) atoms. The Morgan fingerprint density at radius 1 is 1.58 bits per heavy atom. The van der Waals surface area contributed by atoms with Crippen molar-refractivity contribution in [3.05, 3.63) is 0 Å². The molecule has 0 spiro atoms. The zero-order valence-electron chi connectivity index (χ0n) is 7.66. The predicted octanol–water partition coefficient (Wildman–Crippen LogP) is 0.0213. The van der Waals surface area contributed by atoms with Crippen molar-refractivity contribution in [1.29, 1.82) is 0 Å². The van der Waals surface area contributed by atoms with Gasteiger partial charge in [0, 0.05) is 19.7 Å². The van der Waals surface area contributed by atoms with Gasteiger partial charge in [-0.15, -0.1) is 0 Å². The molecule has 0 aliphatic rings. The van der Waals surface area contributed by atoms with Gasteiger partial charge in [-0.1, -0.05) is 6.92 Å². The van der Waals surface area contributed by atoms with Crippen molar-refractivity contribution in [2.75, 3.05) is 26.7 Å². The molecule has 0 aromatic rings. The number of aliphatic hydroxyl groups excluding tert-OH is 1. The van der Waals surface area contributed by atoms with E-state index in [1.807, 2.05) is 18.9 Å². The molecule has 0 saturated heterocycles. The molecule has 1 unspecified atom stereocenters. The van der Waals surface area contributed by atoms with E-state index in [1.165, 1.54) is 0 Å². The molecule has 0 bridgehead atoms. The van der Waals surface area contributed by atoms with Crippen LogP contribution in [0.5, 0.6) is 0 Å². The smallest absolute Gasteiger partial charge is 0.304 e. The van der Waals surface area contributed by atoms with Crippen LogP contribution in [0, 0.1) is 5.92 Å². The molecule has 4 nitrogen and oxygen atoms in total. The van der Waals surface area contributed by atoms with Gasteiger partial charge >= 0.3 is 5.97 Å². The van der Waals surface area contributed by atoms with E-state index in [2.05, 4.69) is 0 Å². The van der Waals surface area contributed by atoms with Gasteiger partial charge in [-0.2, -0.15) is 0 Å². The fourth-order valence-electron chi connectivity index (χ4n) is 0.968. The van der Waals surface area contributed by atoms with Gasteiger partial charge in [-0.25, -0.2) is 0 Å². The second-order valence-corrected chi connectivity index (χ2v) is 3.19. The number of rotatable bonds is 6. The van der Waals surface area contributed by atoms with Gasteiger partial charge < -0.3 is 15.1 Å². The third-order valence-electron chi connectivity index (χ3n) is 1.64. The first-order chi connectivity index (χ1) is 5.56. The van der Waals surface area contributed by atoms with Gasteiger partial charge in [0.25, 0.3) is 0 Å². The maximum absolute atomic E-state index is 10.2. The van der Waals surface area contributed by atoms with E-state index in [0.717, 1.165) is 6.54 Å². The second-order valence-electron chi connectivity index (χ2n) is 3.19. The molecule has 4 heteroatoms. The summed E-state index contributed by atoms with van der Waals surface area (Å²) in [5.41, 5.74) is 0. The molecule has 0 heterocycles. The average molecular weight is 175 g/mol. The predicted molar refractivity (Wildman–Crippen MR) is 46.0 cm³/mol. The highest BCUT2D eigenvalue weighted by Gasteiger charge is 2.06. The van der Waals surface area contributed by atoms with Crippen molar-refractivity contribution in [2.24, 2.45) is 5.92 Å². The van der Waals surface area contributed by atoms with Crippen molar-refractivity contribution in [2.45, 2.75) is 13.3 Å². The second kappa shape index (κ2) is 5.97. The molecule has 72 valence electrons. The fraction of sp³-hybridized carbons (Fsp3) is 0.875. The number of aliphatic carboxylic acids is 1. The summed E-state index contributed by atoms with van der Waals surface area (Å²) in [6.07, 6.45) is 0.161. The summed E-state index contributed by atoms with van der Waals surface area (Å²) in [4.78, 5) is 12.1. The van der Waals surface area contributed by atoms with E-state index in [4.69, 9.17) is 10.2 Å². The molecule has 2 N–H and O–H groups in total. The molecule has 0 saturated carbocycles. The van der Waals surface area contributed by atoms with Crippen molar-refractivity contribution in [3.8, 4) is 0 Å². The van der Waals surface area contributed by atoms with E-state index < -0.39 is 5.97 Å². The summed E-state index contributed by atoms with van der Waals surface area (Å²) in [6, 6.07) is 0. The van der Waals surface area contributed by atoms with Gasteiger partial charge in [0.15, 0.2) is 0 Å². The largest absolute Gasteiger partial charge is 0.481 e. The third-order valence-corrected chi connectivity index (χ3v) is 1.64. The lowest BCUT2D eigenvalue weighted by atomic mass is 10.2. The van der Waals surface area contributed by atoms with Crippen LogP contribution in [0.1, 0.15) is 13.3 Å². The summed E-state index contributed by atoms with van der Waals surface area (Å²) in [5.74, 6) is -0.567. The highest BCUT2D eigenvalue weighted by Crippen LogP contribution is 1.97. The van der Waals surface area contributed by atoms with Crippen LogP contribution in [0.2, 0.25) is 0 Å². The Morgan fingerprint density at radius 3 is 2.58 bits per heavy atom. The van der Waals surface area contributed by atoms with Crippen LogP contribution in [0.25, 0.3) is 0 Å². The van der Waals surface area contributed by atoms with Crippen LogP contribution in [0.15, 0.2) is 0 Å². The zero-order chi connectivity index (χ0) is 9.56. The molecule has 1 atom stereocenters. The lowest BCUT2D eigenvalue weighted by molar-refractivity contribution is -0.137. The minimum absolute atomic E-state index is 0.150. The van der Waals surface area contributed by atoms with Crippen LogP contribution >= 0.6 is 0 Å². The Kier molecular flexibility index (Phi) is 5.66. The number of aliphatic hydroxyl groups is 1. The highest BCUT2D eigenvalue weighted by atomic mass is 16.4. The zero-order valence-corrected chi connectivity index (χ0v) is 7.66. The first-order valence-electron chi connectivity index (χ1n) is 4.07. The average Bonchev–Trinajstić information content (AvgIpc) is 2.00. The molecule has 0 aromatic carbocycles. The van der Waals surface area contributed by atoms with Gasteiger partial charge in [0.2, 0.25) is 0 Å². The molecule has 0 rings (SSSR count). The van der Waals surface area contributed by atoms with Crippen LogP contribution in [0.4, 0.5) is 0 Å². The van der Waals surface area contributed by atoms with Crippen molar-refractivity contribution in [3.63, 3.8) is 0 Å². The number of carbonyl (C=O) groups is 1. The maximum Gasteiger partial charge on any atom is 0.304 e. The summed E-state index contributed by atoms with van der Waals surface area (Å²) in [5, 5.41) is 17.1. The number of carboxylic acid groups (broad SMARTS) is 1. The van der Waals surface area contributed by atoms with Crippen molar-refractivity contribution < 1.29 is 15.0 Å². The van der Waals surface area contributed by atoms with Crippen LogP contribution in [0.3, 0.4) is 0 Å². The van der Waals surface area contributed by atoms with Crippen LogP contribution in [-0.4, -0.2) is 47.8 Å². The maximum atomic E-state index is 10.2. The van der Waals surface area contributed by atoms with Crippen molar-refractivity contribution in [1.82, 2.24) is 4.90 Å². The molecule has 0 aliphatic heterocycles. The topological polar surface area (TPSA) is 60.8 Å². The minimum atomic E-state index is -0.779. The molecule has 0 fully saturated rings. The van der Waals surface area contributed by atoms with Gasteiger partial charge in [0.1, 0.15) is 0 Å². The molecular weight excluding hydrogens is 158 g/mol. The Bertz CT molecular complexity index is 138. The van der Waals surface area contributed by atoms with Gasteiger partial charge in [-0.05, 0) is 13.0 Å². The molecule has 0 amide bonds. The van der Waals surface area contributed by atoms with E-state index >= 15 is 0 Å². The number of carboxylic acids is 1. The lowest BCUT2D eigenvalue weighted by Gasteiger charge is -2.18. The highest BCUT2D eigenvalue weighted by molar-refractivity contribution is 5.66. The molecule has 0 aromatic heterocycles. The monoisotopic (exact) mass is 175 g/mol. The third kappa shape index (κ3) is 6.12. The van der Waals surface area contributed by atoms with E-state index in [9.17, 15) is 4.79 Å². The van der Waals surface area contributed by atoms with Crippen LogP contribution < -0.4 is 0 Å². The van der Waals surface area contributed by atoms with E-state index in [1.54, 1.807) is 0 Å². The molecule has 0 radical (unpaired) electrons. The SMILES string of the molecule is CC(CO)CN(C)CCC(=O)O. The first-order valence-corrected chi connectivity index (χ1v) is 4.07. The van der Waals surface area contributed by atoms with E-state index in [0.29, 0.717) is 6.54 Å². The summed E-state index contributed by atoms with van der Waals surface area (Å²) >= 11 is 0. The van der Waals surface area contributed by atoms with Crippen molar-refractivity contribution >= 4 is 5.97 Å². The number of nitrogens with zero attached hydrogens (tertiary/aromatic N) is 1. The number of hydrogen-bond acceptors (Lipinski definition) is 3. The Labute approximate surface area is 72.8 Å². The normalized spacial score (nSPS) is 13.3. The summed E-state index contributed by atoms with van der Waals surface area (Å²) in [6.45, 7) is 3.36. The first kappa shape index (κ1) is 11.4. The Hall–Kier alpha value is -0.610. The Balaban J connectivity index is 3.45. The number of hydrogen-bond donors (Lipinski definition) is 2. The molecule has 0 aliphatic carbocycles. The quantitative estimate of drug-likeness (QED) is 0.597. The van der Waals surface area contributed by atoms with Crippen LogP contribution in [-0.2, 0) is 4.79 Å².